The molecule has 1 saturated heterocycles. The Bertz CT molecular complexity index is 894. The molecule has 0 spiro atoms. The van der Waals surface area contributed by atoms with Crippen molar-refractivity contribution in [1.82, 2.24) is 19.5 Å². The molecule has 24 heavy (non-hydrogen) atoms. The van der Waals surface area contributed by atoms with Crippen LogP contribution in [0.3, 0.4) is 0 Å². The molecule has 2 aromatic heterocycles. The SMILES string of the molecule is CC#CC1(N)C(O)[C@@H]([C@@H](C)O)O[C@H]1n1cnc2c(=O)[nH]c(N)nc21. The van der Waals surface area contributed by atoms with Crippen molar-refractivity contribution in [1.29, 1.82) is 0 Å². The van der Waals surface area contributed by atoms with E-state index < -0.39 is 35.6 Å². The van der Waals surface area contributed by atoms with E-state index in [2.05, 4.69) is 26.8 Å². The smallest absolute Gasteiger partial charge is 0.280 e. The number of aliphatic hydroxyl groups excluding tert-OH is 2. The van der Waals surface area contributed by atoms with Crippen LogP contribution >= 0.6 is 0 Å². The number of fused-ring (bicyclic) bond motifs is 1. The molecule has 1 aliphatic heterocycles. The van der Waals surface area contributed by atoms with Crippen LogP contribution in [-0.4, -0.2) is 53.6 Å². The molecule has 2 unspecified atom stereocenters. The molecule has 2 aromatic rings. The fraction of sp³-hybridized carbons (Fsp3) is 0.500. The number of nitrogens with two attached hydrogens (primary N) is 2. The molecule has 0 aromatic carbocycles. The van der Waals surface area contributed by atoms with Crippen LogP contribution in [0.4, 0.5) is 5.95 Å². The third kappa shape index (κ3) is 2.26. The van der Waals surface area contributed by atoms with Gasteiger partial charge >= 0.3 is 0 Å². The molecule has 1 aliphatic rings. The van der Waals surface area contributed by atoms with Crippen molar-refractivity contribution in [2.75, 3.05) is 5.73 Å². The van der Waals surface area contributed by atoms with Crippen LogP contribution < -0.4 is 17.0 Å². The Morgan fingerprint density at radius 3 is 2.92 bits per heavy atom. The zero-order valence-electron chi connectivity index (χ0n) is 13.1. The number of aliphatic hydroxyl groups is 2. The second-order valence-corrected chi connectivity index (χ2v) is 5.72. The third-order valence-electron chi connectivity index (χ3n) is 4.02. The molecule has 0 aliphatic carbocycles. The first-order chi connectivity index (χ1) is 11.3. The lowest BCUT2D eigenvalue weighted by molar-refractivity contribution is -0.0756. The lowest BCUT2D eigenvalue weighted by atomic mass is 9.90. The Morgan fingerprint density at radius 2 is 2.29 bits per heavy atom. The van der Waals surface area contributed by atoms with Crippen LogP contribution in [-0.2, 0) is 4.74 Å². The standard InChI is InChI=1S/C14H18N6O4/c1-3-4-14(16)9(22)8(6(2)21)24-12(14)20-5-17-7-10(20)18-13(15)19-11(7)23/h5-6,8-9,12,21-22H,16H2,1-2H3,(H3,15,18,19,23)/t6-,8-,9?,12-,14?/m1/s1. The second kappa shape index (κ2) is 5.57. The Morgan fingerprint density at radius 1 is 1.58 bits per heavy atom. The van der Waals surface area contributed by atoms with Gasteiger partial charge < -0.3 is 26.4 Å². The van der Waals surface area contributed by atoms with Crippen LogP contribution in [0, 0.1) is 11.8 Å². The highest BCUT2D eigenvalue weighted by atomic mass is 16.5. The van der Waals surface area contributed by atoms with Crippen molar-refractivity contribution in [2.24, 2.45) is 5.73 Å². The molecular formula is C14H18N6O4. The van der Waals surface area contributed by atoms with E-state index in [1.54, 1.807) is 6.92 Å². The highest BCUT2D eigenvalue weighted by Crippen LogP contribution is 2.38. The van der Waals surface area contributed by atoms with E-state index in [1.807, 2.05) is 0 Å². The maximum absolute atomic E-state index is 11.9. The monoisotopic (exact) mass is 334 g/mol. The van der Waals surface area contributed by atoms with Crippen molar-refractivity contribution in [2.45, 2.75) is 43.9 Å². The maximum atomic E-state index is 11.9. The summed E-state index contributed by atoms with van der Waals surface area (Å²) < 4.78 is 7.12. The van der Waals surface area contributed by atoms with Crippen LogP contribution in [0.1, 0.15) is 20.1 Å². The van der Waals surface area contributed by atoms with Gasteiger partial charge in [0.2, 0.25) is 5.95 Å². The van der Waals surface area contributed by atoms with E-state index in [0.717, 1.165) is 0 Å². The Labute approximate surface area is 136 Å². The van der Waals surface area contributed by atoms with Crippen LogP contribution in [0.2, 0.25) is 0 Å². The van der Waals surface area contributed by atoms with Gasteiger partial charge in [-0.2, -0.15) is 4.98 Å². The number of H-pyrrole nitrogens is 1. The van der Waals surface area contributed by atoms with Crippen molar-refractivity contribution in [3.8, 4) is 11.8 Å². The minimum atomic E-state index is -1.52. The normalized spacial score (nSPS) is 31.0. The molecule has 5 atom stereocenters. The number of aromatic amines is 1. The van der Waals surface area contributed by atoms with Gasteiger partial charge in [-0.15, -0.1) is 5.92 Å². The van der Waals surface area contributed by atoms with Gasteiger partial charge in [-0.3, -0.25) is 14.3 Å². The molecule has 10 nitrogen and oxygen atoms in total. The number of nitrogen functional groups attached to an aromatic ring is 1. The lowest BCUT2D eigenvalue weighted by Gasteiger charge is -2.27. The zero-order chi connectivity index (χ0) is 17.6. The van der Waals surface area contributed by atoms with Gasteiger partial charge in [-0.05, 0) is 13.8 Å². The van der Waals surface area contributed by atoms with Crippen molar-refractivity contribution < 1.29 is 14.9 Å². The van der Waals surface area contributed by atoms with Crippen molar-refractivity contribution in [3.63, 3.8) is 0 Å². The predicted octanol–water partition coefficient (Wildman–Crippen LogP) is -1.94. The molecule has 128 valence electrons. The molecule has 7 N–H and O–H groups in total. The van der Waals surface area contributed by atoms with E-state index in [-0.39, 0.29) is 17.1 Å². The third-order valence-corrected chi connectivity index (χ3v) is 4.02. The van der Waals surface area contributed by atoms with Crippen molar-refractivity contribution in [3.05, 3.63) is 16.7 Å². The average Bonchev–Trinajstić information content (AvgIpc) is 3.00. The molecule has 0 amide bonds. The fourth-order valence-electron chi connectivity index (χ4n) is 2.89. The van der Waals surface area contributed by atoms with Crippen LogP contribution in [0.25, 0.3) is 11.2 Å². The first kappa shape index (κ1) is 16.4. The topological polar surface area (TPSA) is 165 Å². The highest BCUT2D eigenvalue weighted by molar-refractivity contribution is 5.70. The summed E-state index contributed by atoms with van der Waals surface area (Å²) in [6.45, 7) is 3.05. The number of ether oxygens (including phenoxy) is 1. The number of nitrogens with one attached hydrogen (secondary N) is 1. The summed E-state index contributed by atoms with van der Waals surface area (Å²) in [7, 11) is 0. The summed E-state index contributed by atoms with van der Waals surface area (Å²) in [5.41, 5.74) is 10.0. The minimum Gasteiger partial charge on any atom is -0.391 e. The van der Waals surface area contributed by atoms with Gasteiger partial charge in [-0.1, -0.05) is 5.92 Å². The van der Waals surface area contributed by atoms with E-state index in [0.29, 0.717) is 0 Å². The summed E-state index contributed by atoms with van der Waals surface area (Å²) in [5.74, 6) is 5.30. The van der Waals surface area contributed by atoms with E-state index in [4.69, 9.17) is 16.2 Å². The van der Waals surface area contributed by atoms with Crippen molar-refractivity contribution >= 4 is 17.1 Å². The first-order valence-electron chi connectivity index (χ1n) is 7.26. The summed E-state index contributed by atoms with van der Waals surface area (Å²) in [5, 5.41) is 20.3. The Kier molecular flexibility index (Phi) is 3.81. The van der Waals surface area contributed by atoms with Gasteiger partial charge in [0.25, 0.3) is 5.56 Å². The molecular weight excluding hydrogens is 316 g/mol. The summed E-state index contributed by atoms with van der Waals surface area (Å²) >= 11 is 0. The van der Waals surface area contributed by atoms with E-state index in [1.165, 1.54) is 17.8 Å². The van der Waals surface area contributed by atoms with Gasteiger partial charge in [0.1, 0.15) is 12.2 Å². The predicted molar refractivity (Wildman–Crippen MR) is 84.5 cm³/mol. The lowest BCUT2D eigenvalue weighted by Crippen LogP contribution is -2.54. The summed E-state index contributed by atoms with van der Waals surface area (Å²) in [4.78, 5) is 22.3. The number of aromatic nitrogens is 4. The first-order valence-corrected chi connectivity index (χ1v) is 7.26. The number of imidazole rings is 1. The highest BCUT2D eigenvalue weighted by Gasteiger charge is 2.55. The van der Waals surface area contributed by atoms with E-state index >= 15 is 0 Å². The maximum Gasteiger partial charge on any atom is 0.280 e. The summed E-state index contributed by atoms with van der Waals surface area (Å²) in [6.07, 6.45) is -2.90. The van der Waals surface area contributed by atoms with Gasteiger partial charge in [0, 0.05) is 0 Å². The second-order valence-electron chi connectivity index (χ2n) is 5.72. The number of nitrogens with zero attached hydrogens (tertiary/aromatic N) is 3. The average molecular weight is 334 g/mol. The van der Waals surface area contributed by atoms with Crippen LogP contribution in [0.15, 0.2) is 11.1 Å². The molecule has 0 saturated carbocycles. The van der Waals surface area contributed by atoms with Gasteiger partial charge in [0.15, 0.2) is 22.9 Å². The molecule has 10 heteroatoms. The Hall–Kier alpha value is -2.45. The Balaban J connectivity index is 2.20. The fourth-order valence-corrected chi connectivity index (χ4v) is 2.89. The largest absolute Gasteiger partial charge is 0.391 e. The molecule has 3 heterocycles. The van der Waals surface area contributed by atoms with E-state index in [9.17, 15) is 15.0 Å². The molecule has 3 rings (SSSR count). The molecule has 0 radical (unpaired) electrons. The zero-order valence-corrected chi connectivity index (χ0v) is 13.1. The van der Waals surface area contributed by atoms with Crippen LogP contribution in [0.5, 0.6) is 0 Å². The molecule has 0 bridgehead atoms. The van der Waals surface area contributed by atoms with Gasteiger partial charge in [0.05, 0.1) is 12.4 Å². The molecule has 1 fully saturated rings. The number of hydrogen-bond donors (Lipinski definition) is 5. The summed E-state index contributed by atoms with van der Waals surface area (Å²) in [6, 6.07) is 0. The number of hydrogen-bond acceptors (Lipinski definition) is 8. The number of anilines is 1. The van der Waals surface area contributed by atoms with Gasteiger partial charge in [-0.25, -0.2) is 4.98 Å². The quantitative estimate of drug-likeness (QED) is 0.396. The number of rotatable bonds is 2. The minimum absolute atomic E-state index is 0.0506.